The second-order valence-corrected chi connectivity index (χ2v) is 6.80. The highest BCUT2D eigenvalue weighted by molar-refractivity contribution is 5.72. The van der Waals surface area contributed by atoms with Crippen molar-refractivity contribution in [2.45, 2.75) is 41.0 Å². The fourth-order valence-electron chi connectivity index (χ4n) is 3.46. The van der Waals surface area contributed by atoms with Crippen molar-refractivity contribution < 1.29 is 22.3 Å². The average molecular weight is 405 g/mol. The van der Waals surface area contributed by atoms with Crippen LogP contribution in [0.1, 0.15) is 28.7 Å². The van der Waals surface area contributed by atoms with E-state index in [2.05, 4.69) is 19.9 Å². The molecule has 0 fully saturated rings. The van der Waals surface area contributed by atoms with Crippen molar-refractivity contribution >= 4 is 5.71 Å². The zero-order valence-corrected chi connectivity index (χ0v) is 16.4. The summed E-state index contributed by atoms with van der Waals surface area (Å²) in [4.78, 5) is 4.32. The highest BCUT2D eigenvalue weighted by Gasteiger charge is 2.31. The number of benzene rings is 1. The molecular weight excluding hydrogens is 387 g/mol. The quantitative estimate of drug-likeness (QED) is 0.498. The first-order valence-electron chi connectivity index (χ1n) is 8.81. The second-order valence-electron chi connectivity index (χ2n) is 6.80. The molecule has 29 heavy (non-hydrogen) atoms. The third-order valence-corrected chi connectivity index (χ3v) is 4.56. The van der Waals surface area contributed by atoms with Gasteiger partial charge in [-0.1, -0.05) is 0 Å². The van der Waals surface area contributed by atoms with Gasteiger partial charge in [-0.2, -0.15) is 14.7 Å². The molecule has 3 heterocycles. The van der Waals surface area contributed by atoms with Crippen LogP contribution in [-0.2, 0) is 0 Å². The topological polar surface area (TPSA) is 70.4 Å². The number of aryl methyl sites for hydroxylation is 5. The summed E-state index contributed by atoms with van der Waals surface area (Å²) >= 11 is 0. The molecule has 0 amide bonds. The summed E-state index contributed by atoms with van der Waals surface area (Å²) in [6.07, 6.45) is -4.74. The smallest absolute Gasteiger partial charge is 0.439 e. The molecule has 0 unspecified atom stereocenters. The van der Waals surface area contributed by atoms with Crippen LogP contribution in [0.3, 0.4) is 0 Å². The molecule has 3 aromatic heterocycles. The molecule has 0 saturated carbocycles. The second kappa shape index (κ2) is 6.36. The van der Waals surface area contributed by atoms with E-state index in [1.807, 2.05) is 13.8 Å². The number of halogens is 3. The minimum absolute atomic E-state index is 0.276. The fraction of sp³-hybridized carbons (Fsp3) is 0.316. The molecule has 0 N–H and O–H groups in total. The van der Waals surface area contributed by atoms with Gasteiger partial charge in [0.1, 0.15) is 28.9 Å². The molecule has 4 aromatic rings. The van der Waals surface area contributed by atoms with E-state index in [1.165, 1.54) is 12.1 Å². The Kier molecular flexibility index (Phi) is 4.18. The van der Waals surface area contributed by atoms with Crippen LogP contribution in [0.2, 0.25) is 0 Å². The molecule has 7 nitrogen and oxygen atoms in total. The SMILES string of the molecule is Cc1nc(C)n(-c2c(C)nn3c(-c4ccc(OC(F)(F)F)cc4C)c(C)oc23)n1. The Hall–Kier alpha value is -3.30. The summed E-state index contributed by atoms with van der Waals surface area (Å²) in [6, 6.07) is 4.18. The van der Waals surface area contributed by atoms with Gasteiger partial charge in [-0.15, -0.1) is 13.2 Å². The van der Waals surface area contributed by atoms with Crippen LogP contribution in [0.25, 0.3) is 22.7 Å². The summed E-state index contributed by atoms with van der Waals surface area (Å²) < 4.78 is 50.8. The normalized spacial score (nSPS) is 12.1. The summed E-state index contributed by atoms with van der Waals surface area (Å²) in [5.74, 6) is 1.62. The van der Waals surface area contributed by atoms with E-state index in [4.69, 9.17) is 4.42 Å². The fourth-order valence-corrected chi connectivity index (χ4v) is 3.46. The van der Waals surface area contributed by atoms with Gasteiger partial charge in [0, 0.05) is 5.56 Å². The Balaban J connectivity index is 1.87. The van der Waals surface area contributed by atoms with Gasteiger partial charge in [-0.25, -0.2) is 9.67 Å². The predicted molar refractivity (Wildman–Crippen MR) is 98.2 cm³/mol. The van der Waals surface area contributed by atoms with Gasteiger partial charge < -0.3 is 9.15 Å². The van der Waals surface area contributed by atoms with Crippen molar-refractivity contribution in [3.63, 3.8) is 0 Å². The van der Waals surface area contributed by atoms with Crippen LogP contribution >= 0.6 is 0 Å². The summed E-state index contributed by atoms with van der Waals surface area (Å²) in [6.45, 7) is 8.96. The summed E-state index contributed by atoms with van der Waals surface area (Å²) in [5.41, 5.74) is 3.79. The van der Waals surface area contributed by atoms with E-state index >= 15 is 0 Å². The average Bonchev–Trinajstić information content (AvgIpc) is 3.17. The number of rotatable bonds is 3. The molecule has 0 bridgehead atoms. The van der Waals surface area contributed by atoms with Crippen molar-refractivity contribution in [3.8, 4) is 22.7 Å². The number of hydrogen-bond acceptors (Lipinski definition) is 5. The molecule has 0 aliphatic heterocycles. The minimum Gasteiger partial charge on any atom is -0.439 e. The van der Waals surface area contributed by atoms with Gasteiger partial charge in [-0.05, 0) is 58.4 Å². The van der Waals surface area contributed by atoms with Crippen LogP contribution in [0.4, 0.5) is 13.2 Å². The van der Waals surface area contributed by atoms with Crippen molar-refractivity contribution in [2.75, 3.05) is 0 Å². The van der Waals surface area contributed by atoms with Gasteiger partial charge >= 0.3 is 6.36 Å². The van der Waals surface area contributed by atoms with Crippen molar-refractivity contribution in [2.24, 2.45) is 0 Å². The lowest BCUT2D eigenvalue weighted by molar-refractivity contribution is -0.274. The molecule has 0 aliphatic rings. The lowest BCUT2D eigenvalue weighted by atomic mass is 10.0. The predicted octanol–water partition coefficient (Wildman–Crippen LogP) is 4.62. The van der Waals surface area contributed by atoms with Crippen LogP contribution < -0.4 is 4.74 Å². The number of oxazole rings is 1. The van der Waals surface area contributed by atoms with E-state index < -0.39 is 6.36 Å². The van der Waals surface area contributed by atoms with E-state index in [0.717, 1.165) is 0 Å². The minimum atomic E-state index is -4.74. The van der Waals surface area contributed by atoms with Gasteiger partial charge in [0.15, 0.2) is 5.69 Å². The first-order valence-corrected chi connectivity index (χ1v) is 8.81. The molecular formula is C19H18F3N5O2. The maximum absolute atomic E-state index is 12.5. The summed E-state index contributed by atoms with van der Waals surface area (Å²) in [7, 11) is 0. The van der Waals surface area contributed by atoms with Crippen molar-refractivity contribution in [3.05, 3.63) is 46.9 Å². The van der Waals surface area contributed by atoms with Crippen LogP contribution in [0.15, 0.2) is 22.6 Å². The number of alkyl halides is 3. The maximum atomic E-state index is 12.5. The van der Waals surface area contributed by atoms with Crippen LogP contribution in [0.5, 0.6) is 5.75 Å². The molecule has 152 valence electrons. The number of ether oxygens (including phenoxy) is 1. The highest BCUT2D eigenvalue weighted by Crippen LogP contribution is 2.35. The third-order valence-electron chi connectivity index (χ3n) is 4.56. The first kappa shape index (κ1) is 19.0. The molecule has 0 atom stereocenters. The Morgan fingerprint density at radius 2 is 1.76 bits per heavy atom. The van der Waals surface area contributed by atoms with Crippen molar-refractivity contribution in [1.29, 1.82) is 0 Å². The molecule has 10 heteroatoms. The number of hydrogen-bond donors (Lipinski definition) is 0. The maximum Gasteiger partial charge on any atom is 0.573 e. The third kappa shape index (κ3) is 3.24. The van der Waals surface area contributed by atoms with Crippen molar-refractivity contribution in [1.82, 2.24) is 24.4 Å². The number of aromatic nitrogens is 5. The zero-order valence-electron chi connectivity index (χ0n) is 16.4. The highest BCUT2D eigenvalue weighted by atomic mass is 19.4. The molecule has 0 radical (unpaired) electrons. The van der Waals surface area contributed by atoms with Crippen LogP contribution in [0, 0.1) is 34.6 Å². The standard InChI is InChI=1S/C19H18F3N5O2/c1-9-8-14(29-19(20,21)22)6-7-15(9)17-11(3)28-18-16(10(2)24-27(17)18)26-13(5)23-12(4)25-26/h6-8H,1-5H3. The first-order chi connectivity index (χ1) is 13.5. The zero-order chi connectivity index (χ0) is 21.1. The van der Waals surface area contributed by atoms with E-state index in [0.29, 0.717) is 51.3 Å². The van der Waals surface area contributed by atoms with E-state index in [-0.39, 0.29) is 5.75 Å². The molecule has 0 spiro atoms. The lowest BCUT2D eigenvalue weighted by Crippen LogP contribution is -2.17. The Morgan fingerprint density at radius 1 is 1.03 bits per heavy atom. The number of nitrogens with zero attached hydrogens (tertiary/aromatic N) is 5. The van der Waals surface area contributed by atoms with Gasteiger partial charge in [0.05, 0.1) is 5.69 Å². The monoisotopic (exact) mass is 405 g/mol. The largest absolute Gasteiger partial charge is 0.573 e. The lowest BCUT2D eigenvalue weighted by Gasteiger charge is -2.11. The summed E-state index contributed by atoms with van der Waals surface area (Å²) in [5, 5.41) is 8.99. The molecule has 0 saturated heterocycles. The molecule has 1 aromatic carbocycles. The Bertz CT molecular complexity index is 1230. The van der Waals surface area contributed by atoms with E-state index in [9.17, 15) is 13.2 Å². The van der Waals surface area contributed by atoms with Crippen LogP contribution in [-0.4, -0.2) is 30.7 Å². The number of fused-ring (bicyclic) bond motifs is 1. The molecule has 4 rings (SSSR count). The van der Waals surface area contributed by atoms with Gasteiger partial charge in [0.25, 0.3) is 0 Å². The van der Waals surface area contributed by atoms with Gasteiger partial charge in [-0.3, -0.25) is 0 Å². The molecule has 0 aliphatic carbocycles. The van der Waals surface area contributed by atoms with Gasteiger partial charge in [0.2, 0.25) is 5.71 Å². The Labute approximate surface area is 163 Å². The Morgan fingerprint density at radius 3 is 2.34 bits per heavy atom. The van der Waals surface area contributed by atoms with E-state index in [1.54, 1.807) is 36.0 Å².